The molecule has 3 aromatic rings. The molecule has 0 saturated heterocycles. The van der Waals surface area contributed by atoms with Gasteiger partial charge in [-0.05, 0) is 77.1 Å². The second-order valence-electron chi connectivity index (χ2n) is 11.7. The molecule has 3 saturated carbocycles. The van der Waals surface area contributed by atoms with Gasteiger partial charge in [0.25, 0.3) is 5.91 Å². The SMILES string of the molecule is Cc1c(-c2ccccc2)nc2ccc(Br)cc2c1C(=O)NC12CCC(C(=O)OC(C)(C)C)(CC1O)CC2O. The number of amides is 1. The fourth-order valence-corrected chi connectivity index (χ4v) is 6.41. The summed E-state index contributed by atoms with van der Waals surface area (Å²) in [5.74, 6) is -0.800. The Labute approximate surface area is 230 Å². The molecule has 1 aromatic heterocycles. The Balaban J connectivity index is 1.52. The molecule has 1 amide bonds. The summed E-state index contributed by atoms with van der Waals surface area (Å²) in [5, 5.41) is 26.3. The van der Waals surface area contributed by atoms with Gasteiger partial charge in [-0.15, -0.1) is 0 Å². The highest BCUT2D eigenvalue weighted by atomic mass is 79.9. The predicted molar refractivity (Wildman–Crippen MR) is 149 cm³/mol. The van der Waals surface area contributed by atoms with Crippen molar-refractivity contribution in [3.05, 3.63) is 64.1 Å². The molecule has 0 spiro atoms. The van der Waals surface area contributed by atoms with Crippen LogP contribution in [0, 0.1) is 12.3 Å². The molecule has 1 heterocycles. The number of aliphatic hydroxyl groups is 2. The maximum absolute atomic E-state index is 14.0. The minimum atomic E-state index is -1.26. The van der Waals surface area contributed by atoms with Gasteiger partial charge in [0.05, 0.1) is 39.9 Å². The van der Waals surface area contributed by atoms with Crippen LogP contribution < -0.4 is 5.32 Å². The number of halogens is 1. The van der Waals surface area contributed by atoms with Crippen molar-refractivity contribution in [2.75, 3.05) is 0 Å². The van der Waals surface area contributed by atoms with E-state index < -0.39 is 40.6 Å². The highest BCUT2D eigenvalue weighted by Gasteiger charge is 2.63. The first-order valence-corrected chi connectivity index (χ1v) is 13.7. The first-order valence-electron chi connectivity index (χ1n) is 12.9. The van der Waals surface area contributed by atoms with Gasteiger partial charge < -0.3 is 20.3 Å². The molecule has 2 unspecified atom stereocenters. The Bertz CT molecular complexity index is 1400. The van der Waals surface area contributed by atoms with Gasteiger partial charge in [-0.25, -0.2) is 4.98 Å². The fourth-order valence-electron chi connectivity index (χ4n) is 6.05. The number of benzene rings is 2. The lowest BCUT2D eigenvalue weighted by Crippen LogP contribution is -2.72. The van der Waals surface area contributed by atoms with E-state index in [2.05, 4.69) is 21.2 Å². The van der Waals surface area contributed by atoms with Gasteiger partial charge in [-0.1, -0.05) is 46.3 Å². The Hall–Kier alpha value is -2.81. The highest BCUT2D eigenvalue weighted by molar-refractivity contribution is 9.10. The molecule has 3 N–H and O–H groups in total. The number of esters is 1. The van der Waals surface area contributed by atoms with Gasteiger partial charge in [-0.3, -0.25) is 9.59 Å². The number of aliphatic hydroxyl groups excluding tert-OH is 2. The number of hydrogen-bond donors (Lipinski definition) is 3. The van der Waals surface area contributed by atoms with Gasteiger partial charge in [0, 0.05) is 15.4 Å². The smallest absolute Gasteiger partial charge is 0.312 e. The highest BCUT2D eigenvalue weighted by Crippen LogP contribution is 2.53. The summed E-state index contributed by atoms with van der Waals surface area (Å²) in [7, 11) is 0. The van der Waals surface area contributed by atoms with E-state index in [0.717, 1.165) is 10.0 Å². The standard InChI is InChI=1S/C30H33BrN2O5/c1-17-24(20-14-19(31)10-11-21(20)32-25(17)18-8-6-5-7-9-18)26(36)33-30-13-12-29(15-22(30)34,16-23(30)35)27(37)38-28(2,3)4/h5-11,14,22-23,34-35H,12-13,15-16H2,1-4H3,(H,33,36). The van der Waals surface area contributed by atoms with Gasteiger partial charge in [0.1, 0.15) is 5.60 Å². The number of hydrogen-bond acceptors (Lipinski definition) is 6. The van der Waals surface area contributed by atoms with E-state index >= 15 is 0 Å². The maximum atomic E-state index is 14.0. The van der Waals surface area contributed by atoms with E-state index in [4.69, 9.17) is 9.72 Å². The van der Waals surface area contributed by atoms with Crippen molar-refractivity contribution in [3.63, 3.8) is 0 Å². The molecule has 2 aromatic carbocycles. The summed E-state index contributed by atoms with van der Waals surface area (Å²) in [4.78, 5) is 32.0. The first kappa shape index (κ1) is 26.8. The zero-order chi connectivity index (χ0) is 27.5. The van der Waals surface area contributed by atoms with E-state index in [1.807, 2.05) is 55.5 Å². The van der Waals surface area contributed by atoms with E-state index in [1.165, 1.54) is 0 Å². The van der Waals surface area contributed by atoms with Crippen molar-refractivity contribution in [3.8, 4) is 11.3 Å². The van der Waals surface area contributed by atoms with E-state index in [1.54, 1.807) is 20.8 Å². The number of rotatable bonds is 4. The molecule has 200 valence electrons. The van der Waals surface area contributed by atoms with E-state index in [0.29, 0.717) is 34.1 Å². The van der Waals surface area contributed by atoms with Crippen molar-refractivity contribution >= 4 is 38.7 Å². The number of ether oxygens (including phenoxy) is 1. The van der Waals surface area contributed by atoms with Crippen LogP contribution in [0.2, 0.25) is 0 Å². The van der Waals surface area contributed by atoms with Crippen molar-refractivity contribution in [2.24, 2.45) is 5.41 Å². The second-order valence-corrected chi connectivity index (χ2v) is 12.6. The molecule has 38 heavy (non-hydrogen) atoms. The van der Waals surface area contributed by atoms with Crippen LogP contribution in [0.1, 0.15) is 62.4 Å². The second kappa shape index (κ2) is 9.43. The molecule has 2 bridgehead atoms. The molecule has 3 aliphatic carbocycles. The molecule has 2 atom stereocenters. The van der Waals surface area contributed by atoms with Crippen LogP contribution >= 0.6 is 15.9 Å². The van der Waals surface area contributed by atoms with Crippen molar-refractivity contribution < 1.29 is 24.5 Å². The quantitative estimate of drug-likeness (QED) is 0.371. The molecule has 3 fully saturated rings. The molecule has 6 rings (SSSR count). The Kier molecular flexibility index (Phi) is 6.65. The summed E-state index contributed by atoms with van der Waals surface area (Å²) in [6.07, 6.45) is -1.30. The molecule has 8 heteroatoms. The fraction of sp³-hybridized carbons (Fsp3) is 0.433. The van der Waals surface area contributed by atoms with E-state index in [-0.39, 0.29) is 19.3 Å². The monoisotopic (exact) mass is 580 g/mol. The summed E-state index contributed by atoms with van der Waals surface area (Å²) >= 11 is 3.51. The van der Waals surface area contributed by atoms with Crippen LogP contribution in [0.5, 0.6) is 0 Å². The third kappa shape index (κ3) is 4.52. The van der Waals surface area contributed by atoms with Crippen LogP contribution in [0.4, 0.5) is 0 Å². The summed E-state index contributed by atoms with van der Waals surface area (Å²) < 4.78 is 6.46. The van der Waals surface area contributed by atoms with Crippen LogP contribution in [-0.4, -0.2) is 50.4 Å². The molecule has 3 aliphatic rings. The maximum Gasteiger partial charge on any atom is 0.312 e. The van der Waals surface area contributed by atoms with Crippen molar-refractivity contribution in [2.45, 2.75) is 76.7 Å². The minimum absolute atomic E-state index is 0.121. The average molecular weight is 582 g/mol. The summed E-state index contributed by atoms with van der Waals surface area (Å²) in [6.45, 7) is 7.26. The topological polar surface area (TPSA) is 109 Å². The third-order valence-electron chi connectivity index (χ3n) is 8.02. The molecular formula is C30H33BrN2O5. The number of pyridine rings is 1. The van der Waals surface area contributed by atoms with Gasteiger partial charge in [0.15, 0.2) is 0 Å². The van der Waals surface area contributed by atoms with Crippen LogP contribution in [-0.2, 0) is 9.53 Å². The zero-order valence-electron chi connectivity index (χ0n) is 22.0. The van der Waals surface area contributed by atoms with Crippen molar-refractivity contribution in [1.29, 1.82) is 0 Å². The number of nitrogens with zero attached hydrogens (tertiary/aromatic N) is 1. The summed E-state index contributed by atoms with van der Waals surface area (Å²) in [6, 6.07) is 15.3. The van der Waals surface area contributed by atoms with Gasteiger partial charge in [0.2, 0.25) is 0 Å². The van der Waals surface area contributed by atoms with Crippen LogP contribution in [0.15, 0.2) is 53.0 Å². The number of aromatic nitrogens is 1. The lowest BCUT2D eigenvalue weighted by atomic mass is 9.54. The lowest BCUT2D eigenvalue weighted by molar-refractivity contribution is -0.197. The number of fused-ring (bicyclic) bond motifs is 4. The molecule has 0 radical (unpaired) electrons. The summed E-state index contributed by atoms with van der Waals surface area (Å²) in [5.41, 5.74) is 0.489. The minimum Gasteiger partial charge on any atom is -0.460 e. The normalized spacial score (nSPS) is 26.8. The molecular weight excluding hydrogens is 548 g/mol. The number of carbonyl (C=O) groups excluding carboxylic acids is 2. The third-order valence-corrected chi connectivity index (χ3v) is 8.51. The average Bonchev–Trinajstić information content (AvgIpc) is 2.84. The Morgan fingerprint density at radius 3 is 2.32 bits per heavy atom. The van der Waals surface area contributed by atoms with Gasteiger partial charge in [-0.2, -0.15) is 0 Å². The van der Waals surface area contributed by atoms with Gasteiger partial charge >= 0.3 is 5.97 Å². The van der Waals surface area contributed by atoms with E-state index in [9.17, 15) is 19.8 Å². The number of nitrogens with one attached hydrogen (secondary N) is 1. The van der Waals surface area contributed by atoms with Crippen molar-refractivity contribution in [1.82, 2.24) is 10.3 Å². The molecule has 7 nitrogen and oxygen atoms in total. The predicted octanol–water partition coefficient (Wildman–Crippen LogP) is 5.08. The Morgan fingerprint density at radius 1 is 1.05 bits per heavy atom. The molecule has 0 aliphatic heterocycles. The lowest BCUT2D eigenvalue weighted by Gasteiger charge is -2.57. The Morgan fingerprint density at radius 2 is 1.71 bits per heavy atom. The van der Waals surface area contributed by atoms with Crippen LogP contribution in [0.25, 0.3) is 22.2 Å². The largest absolute Gasteiger partial charge is 0.460 e. The number of carbonyl (C=O) groups is 2. The van der Waals surface area contributed by atoms with Crippen LogP contribution in [0.3, 0.4) is 0 Å². The zero-order valence-corrected chi connectivity index (χ0v) is 23.6. The first-order chi connectivity index (χ1) is 17.9.